The van der Waals surface area contributed by atoms with Gasteiger partial charge in [0, 0.05) is 23.8 Å². The van der Waals surface area contributed by atoms with Gasteiger partial charge in [-0.2, -0.15) is 0 Å². The van der Waals surface area contributed by atoms with Crippen LogP contribution in [0.25, 0.3) is 5.52 Å². The van der Waals surface area contributed by atoms with Gasteiger partial charge in [-0.3, -0.25) is 0 Å². The number of rotatable bonds is 1. The molecule has 0 aliphatic heterocycles. The van der Waals surface area contributed by atoms with Gasteiger partial charge in [0.15, 0.2) is 0 Å². The van der Waals surface area contributed by atoms with Crippen molar-refractivity contribution in [3.8, 4) is 0 Å². The molecule has 1 aromatic carbocycles. The molecule has 94 valence electrons. The molecule has 3 aromatic rings. The van der Waals surface area contributed by atoms with Crippen molar-refractivity contribution >= 4 is 5.52 Å². The number of aromatic nitrogens is 1. The van der Waals surface area contributed by atoms with Gasteiger partial charge in [0.05, 0.1) is 0 Å². The Balaban J connectivity index is 1.90. The third-order valence-electron chi connectivity index (χ3n) is 4.35. The topological polar surface area (TPSA) is 4.41 Å². The van der Waals surface area contributed by atoms with Crippen LogP contribution >= 0.6 is 0 Å². The number of fused-ring (bicyclic) bond motifs is 2. The number of pyridine rings is 1. The fourth-order valence-corrected chi connectivity index (χ4v) is 3.45. The summed E-state index contributed by atoms with van der Waals surface area (Å²) in [5.74, 6) is 0.567. The Labute approximate surface area is 113 Å². The lowest BCUT2D eigenvalue weighted by atomic mass is 9.79. The number of nitrogens with zero attached hydrogens (tertiary/aromatic N) is 1. The molecule has 1 unspecified atom stereocenters. The highest BCUT2D eigenvalue weighted by Crippen LogP contribution is 2.38. The lowest BCUT2D eigenvalue weighted by Crippen LogP contribution is -2.10. The molecule has 0 saturated carbocycles. The Kier molecular flexibility index (Phi) is 2.44. The van der Waals surface area contributed by atoms with Crippen molar-refractivity contribution in [2.75, 3.05) is 0 Å². The summed E-state index contributed by atoms with van der Waals surface area (Å²) in [5.41, 5.74) is 5.90. The monoisotopic (exact) mass is 247 g/mol. The minimum absolute atomic E-state index is 0.567. The summed E-state index contributed by atoms with van der Waals surface area (Å²) in [7, 11) is 0. The highest BCUT2D eigenvalue weighted by molar-refractivity contribution is 5.60. The molecule has 2 heterocycles. The minimum atomic E-state index is 0.567. The number of benzene rings is 1. The normalized spacial score (nSPS) is 18.4. The van der Waals surface area contributed by atoms with E-state index in [-0.39, 0.29) is 0 Å². The summed E-state index contributed by atoms with van der Waals surface area (Å²) in [6.45, 7) is 0. The van der Waals surface area contributed by atoms with Crippen molar-refractivity contribution in [2.45, 2.75) is 25.2 Å². The maximum Gasteiger partial charge on any atom is 0.0488 e. The molecule has 0 bridgehead atoms. The molecule has 4 rings (SSSR count). The zero-order chi connectivity index (χ0) is 12.7. The third kappa shape index (κ3) is 1.69. The van der Waals surface area contributed by atoms with E-state index in [0.717, 1.165) is 0 Å². The molecule has 1 heteroatoms. The van der Waals surface area contributed by atoms with Crippen molar-refractivity contribution in [1.29, 1.82) is 0 Å². The molecule has 1 aliphatic rings. The maximum absolute atomic E-state index is 2.31. The zero-order valence-electron chi connectivity index (χ0n) is 10.9. The van der Waals surface area contributed by atoms with E-state index in [1.54, 1.807) is 0 Å². The third-order valence-corrected chi connectivity index (χ3v) is 4.35. The molecule has 0 saturated heterocycles. The lowest BCUT2D eigenvalue weighted by molar-refractivity contribution is 0.619. The molecule has 0 N–H and O–H groups in total. The van der Waals surface area contributed by atoms with Crippen LogP contribution in [0.2, 0.25) is 0 Å². The zero-order valence-corrected chi connectivity index (χ0v) is 10.9. The molecule has 1 atom stereocenters. The summed E-state index contributed by atoms with van der Waals surface area (Å²) in [6.07, 6.45) is 8.12. The quantitative estimate of drug-likeness (QED) is 0.600. The Morgan fingerprint density at radius 2 is 1.74 bits per heavy atom. The summed E-state index contributed by atoms with van der Waals surface area (Å²) in [5, 5.41) is 0. The van der Waals surface area contributed by atoms with Gasteiger partial charge < -0.3 is 4.40 Å². The Bertz CT molecular complexity index is 723. The van der Waals surface area contributed by atoms with Gasteiger partial charge in [0.25, 0.3) is 0 Å². The average molecular weight is 247 g/mol. The molecular formula is C18H17N. The van der Waals surface area contributed by atoms with E-state index in [0.29, 0.717) is 5.92 Å². The second kappa shape index (κ2) is 4.27. The Morgan fingerprint density at radius 1 is 0.842 bits per heavy atom. The van der Waals surface area contributed by atoms with Crippen LogP contribution in [0.5, 0.6) is 0 Å². The molecule has 2 aromatic heterocycles. The molecule has 1 aliphatic carbocycles. The predicted octanol–water partition coefficient (Wildman–Crippen LogP) is 4.41. The molecule has 0 spiro atoms. The van der Waals surface area contributed by atoms with E-state index in [1.807, 2.05) is 0 Å². The standard InChI is InChI=1S/C18H17N/c1-2-8-15-14(6-1)7-5-9-16(15)17-11-13-19-12-4-3-10-18(17)19/h1-4,6,8,10-13,16H,5,7,9H2. The fourth-order valence-electron chi connectivity index (χ4n) is 3.45. The van der Waals surface area contributed by atoms with Gasteiger partial charge in [-0.05, 0) is 54.2 Å². The first-order chi connectivity index (χ1) is 9.43. The van der Waals surface area contributed by atoms with Gasteiger partial charge in [-0.15, -0.1) is 0 Å². The summed E-state index contributed by atoms with van der Waals surface area (Å²) >= 11 is 0. The van der Waals surface area contributed by atoms with E-state index in [4.69, 9.17) is 0 Å². The van der Waals surface area contributed by atoms with Crippen LogP contribution in [-0.2, 0) is 6.42 Å². The highest BCUT2D eigenvalue weighted by Gasteiger charge is 2.23. The summed E-state index contributed by atoms with van der Waals surface area (Å²) in [4.78, 5) is 0. The predicted molar refractivity (Wildman–Crippen MR) is 78.6 cm³/mol. The van der Waals surface area contributed by atoms with Crippen molar-refractivity contribution < 1.29 is 0 Å². The van der Waals surface area contributed by atoms with Crippen LogP contribution in [0.15, 0.2) is 60.9 Å². The van der Waals surface area contributed by atoms with Gasteiger partial charge in [-0.25, -0.2) is 0 Å². The number of hydrogen-bond acceptors (Lipinski definition) is 0. The Hall–Kier alpha value is -2.02. The highest BCUT2D eigenvalue weighted by atomic mass is 14.9. The van der Waals surface area contributed by atoms with Crippen molar-refractivity contribution in [1.82, 2.24) is 4.40 Å². The molecule has 0 amide bonds. The van der Waals surface area contributed by atoms with E-state index in [1.165, 1.54) is 41.5 Å². The lowest BCUT2D eigenvalue weighted by Gasteiger charge is -2.25. The first kappa shape index (κ1) is 10.9. The second-order valence-electron chi connectivity index (χ2n) is 5.41. The largest absolute Gasteiger partial charge is 0.324 e. The van der Waals surface area contributed by atoms with Crippen LogP contribution in [-0.4, -0.2) is 4.40 Å². The van der Waals surface area contributed by atoms with E-state index in [2.05, 4.69) is 65.3 Å². The van der Waals surface area contributed by atoms with E-state index in [9.17, 15) is 0 Å². The van der Waals surface area contributed by atoms with Gasteiger partial charge in [0.1, 0.15) is 0 Å². The van der Waals surface area contributed by atoms with Crippen molar-refractivity contribution in [3.05, 3.63) is 77.6 Å². The first-order valence-electron chi connectivity index (χ1n) is 7.07. The molecule has 0 fully saturated rings. The molecule has 0 radical (unpaired) electrons. The van der Waals surface area contributed by atoms with Gasteiger partial charge in [-0.1, -0.05) is 30.3 Å². The van der Waals surface area contributed by atoms with Crippen LogP contribution in [0.1, 0.15) is 35.4 Å². The van der Waals surface area contributed by atoms with Crippen molar-refractivity contribution in [2.24, 2.45) is 0 Å². The van der Waals surface area contributed by atoms with Crippen LogP contribution < -0.4 is 0 Å². The second-order valence-corrected chi connectivity index (χ2v) is 5.41. The number of aryl methyl sites for hydroxylation is 1. The average Bonchev–Trinajstić information content (AvgIpc) is 2.90. The molecule has 1 nitrogen and oxygen atoms in total. The van der Waals surface area contributed by atoms with Crippen LogP contribution in [0.4, 0.5) is 0 Å². The maximum atomic E-state index is 2.31. The summed E-state index contributed by atoms with van der Waals surface area (Å²) in [6, 6.07) is 17.7. The van der Waals surface area contributed by atoms with E-state index < -0.39 is 0 Å². The molecular weight excluding hydrogens is 230 g/mol. The van der Waals surface area contributed by atoms with Crippen LogP contribution in [0.3, 0.4) is 0 Å². The Morgan fingerprint density at radius 3 is 2.74 bits per heavy atom. The van der Waals surface area contributed by atoms with Crippen LogP contribution in [0, 0.1) is 0 Å². The smallest absolute Gasteiger partial charge is 0.0488 e. The SMILES string of the molecule is c1ccc2c(c1)CCCC2c1ccn2ccccc12. The van der Waals surface area contributed by atoms with E-state index >= 15 is 0 Å². The summed E-state index contributed by atoms with van der Waals surface area (Å²) < 4.78 is 2.23. The number of hydrogen-bond donors (Lipinski definition) is 0. The minimum Gasteiger partial charge on any atom is -0.324 e. The molecule has 19 heavy (non-hydrogen) atoms. The first-order valence-corrected chi connectivity index (χ1v) is 7.07. The fraction of sp³-hybridized carbons (Fsp3) is 0.222. The van der Waals surface area contributed by atoms with Crippen molar-refractivity contribution in [3.63, 3.8) is 0 Å². The van der Waals surface area contributed by atoms with Gasteiger partial charge in [0.2, 0.25) is 0 Å². The van der Waals surface area contributed by atoms with Gasteiger partial charge >= 0.3 is 0 Å².